The summed E-state index contributed by atoms with van der Waals surface area (Å²) in [6.45, 7) is 0.402. The van der Waals surface area contributed by atoms with E-state index >= 15 is 0 Å². The van der Waals surface area contributed by atoms with Gasteiger partial charge in [0.1, 0.15) is 25.3 Å². The molecule has 1 aliphatic rings. The van der Waals surface area contributed by atoms with Crippen LogP contribution in [0.3, 0.4) is 0 Å². The van der Waals surface area contributed by atoms with Crippen LogP contribution in [-0.4, -0.2) is 39.2 Å². The summed E-state index contributed by atoms with van der Waals surface area (Å²) in [6.07, 6.45) is 2.57. The van der Waals surface area contributed by atoms with Gasteiger partial charge in [0.15, 0.2) is 0 Å². The summed E-state index contributed by atoms with van der Waals surface area (Å²) in [5.74, 6) is -1.12. The molecule has 2 heterocycles. The molecule has 0 unspecified atom stereocenters. The van der Waals surface area contributed by atoms with Crippen LogP contribution in [-0.2, 0) is 21.8 Å². The first-order chi connectivity index (χ1) is 10.1. The Bertz CT molecular complexity index is 623. The largest absolute Gasteiger partial charge is 0.394 e. The van der Waals surface area contributed by atoms with Crippen molar-refractivity contribution in [2.24, 2.45) is 0 Å². The Labute approximate surface area is 131 Å². The van der Waals surface area contributed by atoms with Crippen LogP contribution in [0.25, 0.3) is 0 Å². The number of ether oxygens (including phenoxy) is 2. The van der Waals surface area contributed by atoms with E-state index in [9.17, 15) is 5.11 Å². The van der Waals surface area contributed by atoms with Gasteiger partial charge < -0.3 is 14.6 Å². The molecular weight excluding hydrogens is 317 g/mol. The monoisotopic (exact) mass is 329 g/mol. The molecule has 21 heavy (non-hydrogen) atoms. The van der Waals surface area contributed by atoms with E-state index in [1.54, 1.807) is 29.2 Å². The van der Waals surface area contributed by atoms with E-state index < -0.39 is 11.9 Å². The number of hydrogen-bond donors (Lipinski definition) is 1. The lowest BCUT2D eigenvalue weighted by molar-refractivity contribution is -0.191. The minimum absolute atomic E-state index is 0.135. The number of benzene rings is 1. The molecule has 2 aromatic rings. The Morgan fingerprint density at radius 3 is 2.90 bits per heavy atom. The summed E-state index contributed by atoms with van der Waals surface area (Å²) < 4.78 is 13.3. The second-order valence-electron chi connectivity index (χ2n) is 4.70. The van der Waals surface area contributed by atoms with Gasteiger partial charge in [-0.2, -0.15) is 5.10 Å². The van der Waals surface area contributed by atoms with Crippen LogP contribution in [0.5, 0.6) is 0 Å². The molecule has 8 heteroatoms. The summed E-state index contributed by atoms with van der Waals surface area (Å²) in [7, 11) is 0. The van der Waals surface area contributed by atoms with Crippen LogP contribution in [0.15, 0.2) is 30.9 Å². The van der Waals surface area contributed by atoms with E-state index in [-0.39, 0.29) is 19.8 Å². The van der Waals surface area contributed by atoms with Crippen molar-refractivity contribution in [3.63, 3.8) is 0 Å². The molecule has 1 N–H and O–H groups in total. The van der Waals surface area contributed by atoms with E-state index in [0.29, 0.717) is 15.6 Å². The van der Waals surface area contributed by atoms with Crippen LogP contribution in [0, 0.1) is 0 Å². The van der Waals surface area contributed by atoms with Crippen LogP contribution >= 0.6 is 23.2 Å². The number of hydrogen-bond acceptors (Lipinski definition) is 5. The van der Waals surface area contributed by atoms with Crippen molar-refractivity contribution in [1.82, 2.24) is 14.8 Å². The minimum Gasteiger partial charge on any atom is -0.394 e. The standard InChI is InChI=1S/C13H13Cl2N3O3/c14-9-1-2-11(12(15)3-9)13(6-18-8-16-7-17-18)20-5-10(4-19)21-13/h1-3,7-8,10,19H,4-6H2/t10-,13-/m1/s1. The summed E-state index contributed by atoms with van der Waals surface area (Å²) in [6, 6.07) is 5.09. The van der Waals surface area contributed by atoms with E-state index in [1.807, 2.05) is 0 Å². The molecule has 0 spiro atoms. The number of rotatable bonds is 4. The zero-order chi connectivity index (χ0) is 14.9. The Kier molecular flexibility index (Phi) is 4.14. The summed E-state index contributed by atoms with van der Waals surface area (Å²) in [5.41, 5.74) is 0.639. The van der Waals surface area contributed by atoms with Crippen molar-refractivity contribution < 1.29 is 14.6 Å². The highest BCUT2D eigenvalue weighted by molar-refractivity contribution is 6.35. The molecule has 3 rings (SSSR count). The SMILES string of the molecule is OC[C@@H]1CO[C@@](Cn2cncn2)(c2ccc(Cl)cc2Cl)O1. The maximum Gasteiger partial charge on any atom is 0.217 e. The molecule has 0 amide bonds. The van der Waals surface area contributed by atoms with Gasteiger partial charge >= 0.3 is 0 Å². The fourth-order valence-corrected chi connectivity index (χ4v) is 2.84. The van der Waals surface area contributed by atoms with Gasteiger partial charge in [0.05, 0.1) is 18.2 Å². The van der Waals surface area contributed by atoms with Crippen molar-refractivity contribution >= 4 is 23.2 Å². The van der Waals surface area contributed by atoms with E-state index in [0.717, 1.165) is 0 Å². The maximum absolute atomic E-state index is 9.29. The first-order valence-electron chi connectivity index (χ1n) is 6.33. The van der Waals surface area contributed by atoms with Crippen LogP contribution < -0.4 is 0 Å². The molecule has 0 aliphatic carbocycles. The Morgan fingerprint density at radius 1 is 1.43 bits per heavy atom. The molecule has 1 aliphatic heterocycles. The lowest BCUT2D eigenvalue weighted by atomic mass is 10.1. The number of aliphatic hydroxyl groups is 1. The fraction of sp³-hybridized carbons (Fsp3) is 0.385. The second kappa shape index (κ2) is 5.90. The van der Waals surface area contributed by atoms with Crippen molar-refractivity contribution in [2.45, 2.75) is 18.4 Å². The molecule has 2 atom stereocenters. The fourth-order valence-electron chi connectivity index (χ4n) is 2.29. The zero-order valence-corrected chi connectivity index (χ0v) is 12.5. The number of nitrogens with zero attached hydrogens (tertiary/aromatic N) is 3. The van der Waals surface area contributed by atoms with Gasteiger partial charge in [-0.15, -0.1) is 0 Å². The highest BCUT2D eigenvalue weighted by Crippen LogP contribution is 2.40. The maximum atomic E-state index is 9.29. The van der Waals surface area contributed by atoms with E-state index in [2.05, 4.69) is 10.1 Å². The molecule has 1 aromatic carbocycles. The van der Waals surface area contributed by atoms with E-state index in [4.69, 9.17) is 32.7 Å². The minimum atomic E-state index is -1.12. The highest BCUT2D eigenvalue weighted by Gasteiger charge is 2.45. The topological polar surface area (TPSA) is 69.4 Å². The lowest BCUT2D eigenvalue weighted by Gasteiger charge is -2.29. The van der Waals surface area contributed by atoms with Gasteiger partial charge in [-0.05, 0) is 12.1 Å². The first kappa shape index (κ1) is 14.7. The molecule has 1 fully saturated rings. The first-order valence-corrected chi connectivity index (χ1v) is 7.09. The zero-order valence-electron chi connectivity index (χ0n) is 10.9. The summed E-state index contributed by atoms with van der Waals surface area (Å²) in [4.78, 5) is 3.90. The molecule has 0 saturated carbocycles. The summed E-state index contributed by atoms with van der Waals surface area (Å²) >= 11 is 12.2. The average Bonchev–Trinajstić information content (AvgIpc) is 3.09. The Morgan fingerprint density at radius 2 is 2.29 bits per heavy atom. The lowest BCUT2D eigenvalue weighted by Crippen LogP contribution is -2.34. The Hall–Kier alpha value is -1.18. The number of halogens is 2. The quantitative estimate of drug-likeness (QED) is 0.926. The number of aliphatic hydroxyl groups excluding tert-OH is 1. The van der Waals surface area contributed by atoms with Crippen LogP contribution in [0.4, 0.5) is 0 Å². The van der Waals surface area contributed by atoms with E-state index in [1.165, 1.54) is 6.33 Å². The molecular formula is C13H13Cl2N3O3. The van der Waals surface area contributed by atoms with Crippen molar-refractivity contribution in [3.8, 4) is 0 Å². The molecule has 112 valence electrons. The molecule has 0 radical (unpaired) electrons. The van der Waals surface area contributed by atoms with Gasteiger partial charge in [0, 0.05) is 10.6 Å². The number of aromatic nitrogens is 3. The van der Waals surface area contributed by atoms with Crippen LogP contribution in [0.2, 0.25) is 10.0 Å². The summed E-state index contributed by atoms with van der Waals surface area (Å²) in [5, 5.41) is 14.3. The normalized spacial score (nSPS) is 25.4. The van der Waals surface area contributed by atoms with Gasteiger partial charge in [-0.3, -0.25) is 0 Å². The van der Waals surface area contributed by atoms with Crippen molar-refractivity contribution in [3.05, 3.63) is 46.5 Å². The highest BCUT2D eigenvalue weighted by atomic mass is 35.5. The smallest absolute Gasteiger partial charge is 0.217 e. The average molecular weight is 330 g/mol. The molecule has 0 bridgehead atoms. The van der Waals surface area contributed by atoms with Gasteiger partial charge in [-0.25, -0.2) is 9.67 Å². The predicted octanol–water partition coefficient (Wildman–Crippen LogP) is 1.85. The Balaban J connectivity index is 1.99. The van der Waals surface area contributed by atoms with Crippen LogP contribution in [0.1, 0.15) is 5.56 Å². The van der Waals surface area contributed by atoms with Gasteiger partial charge in [0.2, 0.25) is 5.79 Å². The third-order valence-electron chi connectivity index (χ3n) is 3.24. The third kappa shape index (κ3) is 2.90. The van der Waals surface area contributed by atoms with Crippen molar-refractivity contribution in [1.29, 1.82) is 0 Å². The van der Waals surface area contributed by atoms with Crippen molar-refractivity contribution in [2.75, 3.05) is 13.2 Å². The predicted molar refractivity (Wildman–Crippen MR) is 76.1 cm³/mol. The molecule has 6 nitrogen and oxygen atoms in total. The molecule has 1 aromatic heterocycles. The second-order valence-corrected chi connectivity index (χ2v) is 5.55. The molecule has 1 saturated heterocycles. The van der Waals surface area contributed by atoms with Gasteiger partial charge in [0.25, 0.3) is 0 Å². The van der Waals surface area contributed by atoms with Gasteiger partial charge in [-0.1, -0.05) is 29.3 Å². The third-order valence-corrected chi connectivity index (χ3v) is 3.79.